The monoisotopic (exact) mass is 323 g/mol. The number of hydrogen-bond acceptors (Lipinski definition) is 5. The van der Waals surface area contributed by atoms with E-state index in [1.807, 2.05) is 6.07 Å². The van der Waals surface area contributed by atoms with Crippen molar-refractivity contribution in [1.29, 1.82) is 5.26 Å². The molecule has 0 radical (unpaired) electrons. The van der Waals surface area contributed by atoms with Crippen LogP contribution in [0.4, 0.5) is 0 Å². The number of carbonyl (C=O) groups excluding carboxylic acids is 1. The van der Waals surface area contributed by atoms with Crippen molar-refractivity contribution in [3.05, 3.63) is 32.7 Å². The van der Waals surface area contributed by atoms with Crippen molar-refractivity contribution < 1.29 is 13.2 Å². The number of aryl methyl sites for hydroxylation is 1. The molecule has 0 saturated carbocycles. The number of amides is 1. The minimum atomic E-state index is -3.46. The van der Waals surface area contributed by atoms with Crippen molar-refractivity contribution in [2.75, 3.05) is 12.3 Å². The number of aromatic nitrogens is 1. The van der Waals surface area contributed by atoms with E-state index in [-0.39, 0.29) is 30.7 Å². The highest BCUT2D eigenvalue weighted by molar-refractivity contribution is 7.89. The first-order valence-corrected chi connectivity index (χ1v) is 8.54. The molecule has 22 heavy (non-hydrogen) atoms. The lowest BCUT2D eigenvalue weighted by atomic mass is 9.99. The largest absolute Gasteiger partial charge is 0.325 e. The Kier molecular flexibility index (Phi) is 4.37. The average molecular weight is 323 g/mol. The fourth-order valence-corrected chi connectivity index (χ4v) is 4.22. The van der Waals surface area contributed by atoms with E-state index in [1.165, 1.54) is 0 Å². The van der Waals surface area contributed by atoms with Gasteiger partial charge in [-0.15, -0.1) is 0 Å². The van der Waals surface area contributed by atoms with Gasteiger partial charge in [-0.1, -0.05) is 0 Å². The highest BCUT2D eigenvalue weighted by Crippen LogP contribution is 2.18. The first-order valence-electron chi connectivity index (χ1n) is 6.93. The van der Waals surface area contributed by atoms with Gasteiger partial charge in [0, 0.05) is 18.7 Å². The lowest BCUT2D eigenvalue weighted by Crippen LogP contribution is -2.32. The third-order valence-corrected chi connectivity index (χ3v) is 5.75. The molecule has 1 saturated heterocycles. The first-order chi connectivity index (χ1) is 10.3. The zero-order chi connectivity index (χ0) is 16.5. The summed E-state index contributed by atoms with van der Waals surface area (Å²) in [6.07, 6.45) is 0.773. The molecule has 2 rings (SSSR count). The van der Waals surface area contributed by atoms with Gasteiger partial charge in [-0.2, -0.15) is 5.26 Å². The van der Waals surface area contributed by atoms with Crippen LogP contribution in [-0.2, 0) is 21.2 Å². The maximum atomic E-state index is 12.1. The van der Waals surface area contributed by atoms with Crippen LogP contribution in [0.2, 0.25) is 0 Å². The van der Waals surface area contributed by atoms with Gasteiger partial charge in [-0.3, -0.25) is 9.59 Å². The summed E-state index contributed by atoms with van der Waals surface area (Å²) in [5.74, 6) is -0.436. The number of H-pyrrole nitrogens is 1. The van der Waals surface area contributed by atoms with Gasteiger partial charge in [0.2, 0.25) is 15.9 Å². The van der Waals surface area contributed by atoms with Crippen LogP contribution >= 0.6 is 0 Å². The maximum absolute atomic E-state index is 12.1. The second-order valence-electron chi connectivity index (χ2n) is 5.30. The minimum absolute atomic E-state index is 0.00797. The van der Waals surface area contributed by atoms with Crippen molar-refractivity contribution in [1.82, 2.24) is 9.29 Å². The predicted octanol–water partition coefficient (Wildman–Crippen LogP) is 0.358. The molecule has 1 fully saturated rings. The molecule has 0 unspecified atom stereocenters. The average Bonchev–Trinajstić information content (AvgIpc) is 2.78. The molecule has 0 aromatic carbocycles. The molecule has 1 N–H and O–H groups in total. The van der Waals surface area contributed by atoms with Crippen LogP contribution in [0.1, 0.15) is 35.2 Å². The van der Waals surface area contributed by atoms with Crippen LogP contribution in [0.25, 0.3) is 0 Å². The quantitative estimate of drug-likeness (QED) is 0.863. The van der Waals surface area contributed by atoms with Crippen LogP contribution in [0, 0.1) is 25.2 Å². The predicted molar refractivity (Wildman–Crippen MR) is 79.7 cm³/mol. The lowest BCUT2D eigenvalue weighted by molar-refractivity contribution is -0.126. The summed E-state index contributed by atoms with van der Waals surface area (Å²) >= 11 is 0. The van der Waals surface area contributed by atoms with Gasteiger partial charge in [0.15, 0.2) is 0 Å². The molecular formula is C14H17N3O4S. The van der Waals surface area contributed by atoms with Crippen molar-refractivity contribution in [3.63, 3.8) is 0 Å². The van der Waals surface area contributed by atoms with Gasteiger partial charge >= 0.3 is 0 Å². The van der Waals surface area contributed by atoms with Crippen LogP contribution in [0.15, 0.2) is 4.79 Å². The summed E-state index contributed by atoms with van der Waals surface area (Å²) in [5, 5.41) is 9.01. The van der Waals surface area contributed by atoms with E-state index in [4.69, 9.17) is 5.26 Å². The van der Waals surface area contributed by atoms with Gasteiger partial charge in [0.25, 0.3) is 5.56 Å². The summed E-state index contributed by atoms with van der Waals surface area (Å²) < 4.78 is 24.3. The number of carbonyl (C=O) groups is 1. The van der Waals surface area contributed by atoms with E-state index in [9.17, 15) is 18.0 Å². The van der Waals surface area contributed by atoms with Crippen LogP contribution in [0.5, 0.6) is 0 Å². The molecule has 1 amide bonds. The summed E-state index contributed by atoms with van der Waals surface area (Å²) in [4.78, 5) is 26.3. The molecule has 118 valence electrons. The van der Waals surface area contributed by atoms with E-state index in [0.29, 0.717) is 23.2 Å². The lowest BCUT2D eigenvalue weighted by Gasteiger charge is -2.16. The summed E-state index contributed by atoms with van der Waals surface area (Å²) in [6.45, 7) is 3.59. The smallest absolute Gasteiger partial charge is 0.266 e. The summed E-state index contributed by atoms with van der Waals surface area (Å²) in [6, 6.07) is 1.85. The van der Waals surface area contributed by atoms with Crippen molar-refractivity contribution in [3.8, 4) is 6.07 Å². The summed E-state index contributed by atoms with van der Waals surface area (Å²) in [5.41, 5.74) is 1.43. The molecule has 1 aromatic heterocycles. The molecule has 1 aromatic rings. The Morgan fingerprint density at radius 2 is 2.09 bits per heavy atom. The molecule has 1 aliphatic rings. The highest BCUT2D eigenvalue weighted by atomic mass is 32.2. The van der Waals surface area contributed by atoms with E-state index in [1.54, 1.807) is 13.8 Å². The Hall–Kier alpha value is -2.14. The zero-order valence-corrected chi connectivity index (χ0v) is 13.3. The SMILES string of the molecule is Cc1[nH]c(=O)c(C#N)c(C)c1CCC(=O)N1CCCS1(=O)=O. The Morgan fingerprint density at radius 1 is 1.41 bits per heavy atom. The van der Waals surface area contributed by atoms with Gasteiger partial charge in [0.1, 0.15) is 11.6 Å². The number of nitriles is 1. The normalized spacial score (nSPS) is 16.5. The number of rotatable bonds is 3. The molecule has 8 heteroatoms. The second kappa shape index (κ2) is 5.93. The topological polar surface area (TPSA) is 111 Å². The van der Waals surface area contributed by atoms with Crippen LogP contribution in [-0.4, -0.2) is 35.9 Å². The van der Waals surface area contributed by atoms with E-state index in [2.05, 4.69) is 4.98 Å². The van der Waals surface area contributed by atoms with Gasteiger partial charge in [0.05, 0.1) is 5.75 Å². The zero-order valence-electron chi connectivity index (χ0n) is 12.5. The molecule has 7 nitrogen and oxygen atoms in total. The molecular weight excluding hydrogens is 306 g/mol. The van der Waals surface area contributed by atoms with Gasteiger partial charge in [-0.05, 0) is 37.8 Å². The van der Waals surface area contributed by atoms with E-state index >= 15 is 0 Å². The molecule has 0 atom stereocenters. The van der Waals surface area contributed by atoms with E-state index in [0.717, 1.165) is 4.31 Å². The molecule has 0 bridgehead atoms. The Labute approximate surface area is 128 Å². The van der Waals surface area contributed by atoms with Crippen molar-refractivity contribution in [2.24, 2.45) is 0 Å². The standard InChI is InChI=1S/C14H17N3O4S/c1-9-11(10(2)16-14(19)12(9)8-15)4-5-13(18)17-6-3-7-22(17,20)21/h3-7H2,1-2H3,(H,16,19). The Balaban J connectivity index is 2.21. The van der Waals surface area contributed by atoms with E-state index < -0.39 is 21.5 Å². The highest BCUT2D eigenvalue weighted by Gasteiger charge is 2.32. The number of aromatic amines is 1. The van der Waals surface area contributed by atoms with Crippen molar-refractivity contribution in [2.45, 2.75) is 33.1 Å². The summed E-state index contributed by atoms with van der Waals surface area (Å²) in [7, 11) is -3.46. The first kappa shape index (κ1) is 16.2. The number of sulfonamides is 1. The number of hydrogen-bond donors (Lipinski definition) is 1. The Morgan fingerprint density at radius 3 is 2.64 bits per heavy atom. The molecule has 0 spiro atoms. The third kappa shape index (κ3) is 2.90. The number of nitrogens with zero attached hydrogens (tertiary/aromatic N) is 2. The van der Waals surface area contributed by atoms with Crippen LogP contribution < -0.4 is 5.56 Å². The molecule has 2 heterocycles. The Bertz CT molecular complexity index is 818. The molecule has 0 aliphatic carbocycles. The van der Waals surface area contributed by atoms with Crippen LogP contribution in [0.3, 0.4) is 0 Å². The fourth-order valence-electron chi connectivity index (χ4n) is 2.70. The van der Waals surface area contributed by atoms with Gasteiger partial charge in [-0.25, -0.2) is 12.7 Å². The number of pyridine rings is 1. The fraction of sp³-hybridized carbons (Fsp3) is 0.500. The van der Waals surface area contributed by atoms with Crippen molar-refractivity contribution >= 4 is 15.9 Å². The molecule has 1 aliphatic heterocycles. The third-order valence-electron chi connectivity index (χ3n) is 3.89. The van der Waals surface area contributed by atoms with Gasteiger partial charge < -0.3 is 4.98 Å². The second-order valence-corrected chi connectivity index (χ2v) is 7.32. The minimum Gasteiger partial charge on any atom is -0.325 e. The number of nitrogens with one attached hydrogen (secondary N) is 1. The maximum Gasteiger partial charge on any atom is 0.266 e.